The van der Waals surface area contributed by atoms with Crippen molar-refractivity contribution in [1.82, 2.24) is 0 Å². The van der Waals surface area contributed by atoms with Gasteiger partial charge in [0, 0.05) is 5.56 Å². The van der Waals surface area contributed by atoms with Crippen molar-refractivity contribution >= 4 is 28.8 Å². The third-order valence-corrected chi connectivity index (χ3v) is 3.97. The predicted molar refractivity (Wildman–Crippen MR) is 80.7 cm³/mol. The second-order valence-corrected chi connectivity index (χ2v) is 5.29. The van der Waals surface area contributed by atoms with Gasteiger partial charge in [-0.25, -0.2) is 0 Å². The Hall–Kier alpha value is -2.34. The molecule has 0 bridgehead atoms. The molecule has 1 amide bonds. The van der Waals surface area contributed by atoms with E-state index in [1.54, 1.807) is 12.1 Å². The first-order valence-corrected chi connectivity index (χ1v) is 6.85. The summed E-state index contributed by atoms with van der Waals surface area (Å²) in [4.78, 5) is 12.9. The number of nitrogens with zero attached hydrogens (tertiary/aromatic N) is 1. The van der Waals surface area contributed by atoms with Crippen LogP contribution in [0.2, 0.25) is 0 Å². The van der Waals surface area contributed by atoms with E-state index in [0.717, 1.165) is 11.1 Å². The van der Waals surface area contributed by atoms with E-state index in [0.29, 0.717) is 16.1 Å². The SMILES string of the molecule is Cc1ccsc1C(=O)Nc1cccc(C)c1/C(N)=N/O. The van der Waals surface area contributed by atoms with Crippen molar-refractivity contribution in [2.75, 3.05) is 5.32 Å². The lowest BCUT2D eigenvalue weighted by Crippen LogP contribution is -2.20. The van der Waals surface area contributed by atoms with Gasteiger partial charge in [0.25, 0.3) is 5.91 Å². The van der Waals surface area contributed by atoms with Crippen LogP contribution in [-0.2, 0) is 0 Å². The highest BCUT2D eigenvalue weighted by molar-refractivity contribution is 7.12. The third kappa shape index (κ3) is 2.65. The van der Waals surface area contributed by atoms with Crippen molar-refractivity contribution in [2.24, 2.45) is 10.9 Å². The number of nitrogens with two attached hydrogens (primary N) is 1. The van der Waals surface area contributed by atoms with E-state index in [1.165, 1.54) is 11.3 Å². The zero-order valence-electron chi connectivity index (χ0n) is 11.2. The van der Waals surface area contributed by atoms with Gasteiger partial charge in [0.1, 0.15) is 0 Å². The molecule has 6 heteroatoms. The van der Waals surface area contributed by atoms with E-state index in [4.69, 9.17) is 10.9 Å². The topological polar surface area (TPSA) is 87.7 Å². The standard InChI is InChI=1S/C14H15N3O2S/c1-8-4-3-5-10(11(8)13(15)17-19)16-14(18)12-9(2)6-7-20-12/h3-7,19H,1-2H3,(H2,15,17)(H,16,18). The van der Waals surface area contributed by atoms with Crippen molar-refractivity contribution < 1.29 is 10.0 Å². The van der Waals surface area contributed by atoms with Crippen LogP contribution >= 0.6 is 11.3 Å². The summed E-state index contributed by atoms with van der Waals surface area (Å²) < 4.78 is 0. The van der Waals surface area contributed by atoms with Crippen LogP contribution in [0.3, 0.4) is 0 Å². The molecule has 0 atom stereocenters. The number of amides is 1. The molecule has 0 aliphatic rings. The zero-order chi connectivity index (χ0) is 14.7. The molecular formula is C14H15N3O2S. The molecule has 0 radical (unpaired) electrons. The molecule has 5 nitrogen and oxygen atoms in total. The quantitative estimate of drug-likeness (QED) is 0.351. The molecule has 1 heterocycles. The van der Waals surface area contributed by atoms with Gasteiger partial charge in [-0.15, -0.1) is 11.3 Å². The summed E-state index contributed by atoms with van der Waals surface area (Å²) in [5.74, 6) is -0.226. The van der Waals surface area contributed by atoms with E-state index in [2.05, 4.69) is 10.5 Å². The Labute approximate surface area is 120 Å². The molecule has 1 aromatic heterocycles. The summed E-state index contributed by atoms with van der Waals surface area (Å²) in [7, 11) is 0. The predicted octanol–water partition coefficient (Wildman–Crippen LogP) is 2.71. The molecule has 0 saturated carbocycles. The molecule has 0 aliphatic carbocycles. The van der Waals surface area contributed by atoms with Crippen LogP contribution < -0.4 is 11.1 Å². The molecule has 2 rings (SSSR count). The van der Waals surface area contributed by atoms with Crippen LogP contribution in [-0.4, -0.2) is 17.0 Å². The fraction of sp³-hybridized carbons (Fsp3) is 0.143. The Kier molecular flexibility index (Phi) is 4.05. The maximum atomic E-state index is 12.2. The van der Waals surface area contributed by atoms with Crippen molar-refractivity contribution in [2.45, 2.75) is 13.8 Å². The highest BCUT2D eigenvalue weighted by Gasteiger charge is 2.15. The van der Waals surface area contributed by atoms with E-state index in [9.17, 15) is 4.79 Å². The average Bonchev–Trinajstić information content (AvgIpc) is 2.84. The van der Waals surface area contributed by atoms with Crippen LogP contribution in [0, 0.1) is 13.8 Å². The number of nitrogens with one attached hydrogen (secondary N) is 1. The Bertz CT molecular complexity index is 677. The highest BCUT2D eigenvalue weighted by atomic mass is 32.1. The normalized spacial score (nSPS) is 11.4. The molecular weight excluding hydrogens is 274 g/mol. The third-order valence-electron chi connectivity index (χ3n) is 2.95. The molecule has 0 aliphatic heterocycles. The molecule has 0 saturated heterocycles. The number of carbonyl (C=O) groups excluding carboxylic acids is 1. The van der Waals surface area contributed by atoms with E-state index in [-0.39, 0.29) is 11.7 Å². The molecule has 104 valence electrons. The second-order valence-electron chi connectivity index (χ2n) is 4.37. The van der Waals surface area contributed by atoms with Gasteiger partial charge >= 0.3 is 0 Å². The summed E-state index contributed by atoms with van der Waals surface area (Å²) in [6, 6.07) is 7.25. The summed E-state index contributed by atoms with van der Waals surface area (Å²) in [6.45, 7) is 3.71. The number of hydrogen-bond acceptors (Lipinski definition) is 4. The van der Waals surface area contributed by atoms with Gasteiger partial charge in [0.15, 0.2) is 5.84 Å². The first-order chi connectivity index (χ1) is 9.54. The largest absolute Gasteiger partial charge is 0.409 e. The number of hydrogen-bond donors (Lipinski definition) is 3. The molecule has 20 heavy (non-hydrogen) atoms. The Morgan fingerprint density at radius 1 is 1.30 bits per heavy atom. The lowest BCUT2D eigenvalue weighted by atomic mass is 10.1. The van der Waals surface area contributed by atoms with Crippen molar-refractivity contribution in [3.8, 4) is 0 Å². The van der Waals surface area contributed by atoms with Gasteiger partial charge in [-0.1, -0.05) is 17.3 Å². The maximum absolute atomic E-state index is 12.2. The Balaban J connectivity index is 2.38. The van der Waals surface area contributed by atoms with Crippen molar-refractivity contribution in [1.29, 1.82) is 0 Å². The van der Waals surface area contributed by atoms with Crippen LogP contribution in [0.5, 0.6) is 0 Å². The van der Waals surface area contributed by atoms with E-state index in [1.807, 2.05) is 31.4 Å². The minimum absolute atomic E-state index is 0.0266. The van der Waals surface area contributed by atoms with Crippen molar-refractivity contribution in [3.63, 3.8) is 0 Å². The summed E-state index contributed by atoms with van der Waals surface area (Å²) in [5, 5.41) is 16.5. The van der Waals surface area contributed by atoms with Crippen LogP contribution in [0.25, 0.3) is 0 Å². The zero-order valence-corrected chi connectivity index (χ0v) is 12.0. The Morgan fingerprint density at radius 2 is 2.05 bits per heavy atom. The fourth-order valence-corrected chi connectivity index (χ4v) is 2.77. The molecule has 0 spiro atoms. The molecule has 1 aromatic carbocycles. The lowest BCUT2D eigenvalue weighted by Gasteiger charge is -2.12. The monoisotopic (exact) mass is 289 g/mol. The summed E-state index contributed by atoms with van der Waals surface area (Å²) in [5.41, 5.74) is 8.47. The van der Waals surface area contributed by atoms with Gasteiger partial charge in [-0.3, -0.25) is 4.79 Å². The molecule has 4 N–H and O–H groups in total. The van der Waals surface area contributed by atoms with Crippen LogP contribution in [0.1, 0.15) is 26.4 Å². The Morgan fingerprint density at radius 3 is 2.65 bits per heavy atom. The number of amidine groups is 1. The number of thiophene rings is 1. The number of carbonyl (C=O) groups is 1. The van der Waals surface area contributed by atoms with Gasteiger partial charge in [-0.05, 0) is 42.5 Å². The lowest BCUT2D eigenvalue weighted by molar-refractivity contribution is 0.103. The molecule has 0 unspecified atom stereocenters. The molecule has 0 fully saturated rings. The number of aryl methyl sites for hydroxylation is 2. The van der Waals surface area contributed by atoms with Crippen LogP contribution in [0.4, 0.5) is 5.69 Å². The van der Waals surface area contributed by atoms with E-state index >= 15 is 0 Å². The van der Waals surface area contributed by atoms with E-state index < -0.39 is 0 Å². The molecule has 2 aromatic rings. The number of oxime groups is 1. The number of benzene rings is 1. The van der Waals surface area contributed by atoms with Gasteiger partial charge in [-0.2, -0.15) is 0 Å². The second kappa shape index (κ2) is 5.75. The first kappa shape index (κ1) is 14.1. The van der Waals surface area contributed by atoms with Crippen molar-refractivity contribution in [3.05, 3.63) is 51.2 Å². The summed E-state index contributed by atoms with van der Waals surface area (Å²) in [6.07, 6.45) is 0. The number of anilines is 1. The minimum atomic E-state index is -0.199. The fourth-order valence-electron chi connectivity index (χ4n) is 1.95. The highest BCUT2D eigenvalue weighted by Crippen LogP contribution is 2.22. The van der Waals surface area contributed by atoms with Gasteiger partial charge < -0.3 is 16.3 Å². The minimum Gasteiger partial charge on any atom is -0.409 e. The van der Waals surface area contributed by atoms with Gasteiger partial charge in [0.2, 0.25) is 0 Å². The maximum Gasteiger partial charge on any atom is 0.266 e. The average molecular weight is 289 g/mol. The van der Waals surface area contributed by atoms with Gasteiger partial charge in [0.05, 0.1) is 10.6 Å². The van der Waals surface area contributed by atoms with Crippen LogP contribution in [0.15, 0.2) is 34.8 Å². The smallest absolute Gasteiger partial charge is 0.266 e. The first-order valence-electron chi connectivity index (χ1n) is 5.97. The summed E-state index contributed by atoms with van der Waals surface area (Å²) >= 11 is 1.38. The number of rotatable bonds is 3.